The number of hydrogen-bond acceptors (Lipinski definition) is 3. The van der Waals surface area contributed by atoms with Crippen LogP contribution in [-0.4, -0.2) is 10.1 Å². The third kappa shape index (κ3) is 2.40. The van der Waals surface area contributed by atoms with Gasteiger partial charge in [0, 0.05) is 40.6 Å². The zero-order chi connectivity index (χ0) is 13.9. The normalized spacial score (nSPS) is 10.7. The van der Waals surface area contributed by atoms with Crippen LogP contribution in [0.15, 0.2) is 54.9 Å². The second-order valence-corrected chi connectivity index (χ2v) is 4.90. The van der Waals surface area contributed by atoms with Gasteiger partial charge in [-0.3, -0.25) is 4.98 Å². The van der Waals surface area contributed by atoms with E-state index in [1.54, 1.807) is 24.4 Å². The van der Waals surface area contributed by atoms with E-state index in [2.05, 4.69) is 10.3 Å². The number of hydrogen-bond donors (Lipinski definition) is 2. The Morgan fingerprint density at radius 2 is 1.95 bits per heavy atom. The van der Waals surface area contributed by atoms with Gasteiger partial charge >= 0.3 is 0 Å². The summed E-state index contributed by atoms with van der Waals surface area (Å²) in [6.07, 6.45) is 3.59. The topological polar surface area (TPSA) is 45.1 Å². The zero-order valence-corrected chi connectivity index (χ0v) is 11.4. The first-order valence-corrected chi connectivity index (χ1v) is 6.66. The number of rotatable bonds is 3. The van der Waals surface area contributed by atoms with Crippen molar-refractivity contribution in [3.05, 3.63) is 65.4 Å². The van der Waals surface area contributed by atoms with Gasteiger partial charge in [-0.05, 0) is 29.7 Å². The molecule has 1 heterocycles. The van der Waals surface area contributed by atoms with Gasteiger partial charge in [-0.15, -0.1) is 0 Å². The fraction of sp³-hybridized carbons (Fsp3) is 0.0625. The second kappa shape index (κ2) is 5.39. The average Bonchev–Trinajstić information content (AvgIpc) is 2.47. The van der Waals surface area contributed by atoms with Crippen molar-refractivity contribution in [2.24, 2.45) is 0 Å². The number of aromatic nitrogens is 1. The molecular formula is C16H13ClN2O. The van der Waals surface area contributed by atoms with Gasteiger partial charge in [0.05, 0.1) is 0 Å². The lowest BCUT2D eigenvalue weighted by Crippen LogP contribution is -2.01. The Kier molecular flexibility index (Phi) is 3.44. The molecule has 20 heavy (non-hydrogen) atoms. The van der Waals surface area contributed by atoms with Crippen molar-refractivity contribution < 1.29 is 5.11 Å². The number of aromatic hydroxyl groups is 1. The number of anilines is 1. The number of halogens is 1. The molecule has 0 spiro atoms. The number of fused-ring (bicyclic) bond motifs is 1. The van der Waals surface area contributed by atoms with Gasteiger partial charge in [0.25, 0.3) is 0 Å². The largest absolute Gasteiger partial charge is 0.508 e. The van der Waals surface area contributed by atoms with E-state index in [1.807, 2.05) is 30.5 Å². The molecule has 0 fully saturated rings. The Balaban J connectivity index is 1.91. The van der Waals surface area contributed by atoms with Gasteiger partial charge in [-0.1, -0.05) is 29.8 Å². The maximum absolute atomic E-state index is 9.85. The molecule has 0 radical (unpaired) electrons. The molecule has 3 rings (SSSR count). The van der Waals surface area contributed by atoms with Crippen molar-refractivity contribution >= 4 is 28.1 Å². The van der Waals surface area contributed by atoms with Crippen molar-refractivity contribution in [1.29, 1.82) is 0 Å². The molecule has 0 bridgehead atoms. The van der Waals surface area contributed by atoms with Gasteiger partial charge in [0.2, 0.25) is 0 Å². The first-order valence-electron chi connectivity index (χ1n) is 6.28. The monoisotopic (exact) mass is 284 g/mol. The van der Waals surface area contributed by atoms with Crippen LogP contribution in [0.4, 0.5) is 5.69 Å². The predicted molar refractivity (Wildman–Crippen MR) is 82.2 cm³/mol. The van der Waals surface area contributed by atoms with E-state index in [1.165, 1.54) is 0 Å². The standard InChI is InChI=1S/C16H13ClN2O/c17-14-4-2-6-16(20)13(14)10-19-15-5-1-3-11-7-8-18-9-12(11)15/h1-9,19-20H,10H2. The molecule has 0 atom stereocenters. The van der Waals surface area contributed by atoms with Crippen LogP contribution in [0, 0.1) is 0 Å². The highest BCUT2D eigenvalue weighted by Crippen LogP contribution is 2.28. The van der Waals surface area contributed by atoms with Gasteiger partial charge in [-0.25, -0.2) is 0 Å². The van der Waals surface area contributed by atoms with E-state index in [0.29, 0.717) is 17.1 Å². The van der Waals surface area contributed by atoms with Gasteiger partial charge in [-0.2, -0.15) is 0 Å². The van der Waals surface area contributed by atoms with Crippen molar-refractivity contribution in [2.75, 3.05) is 5.32 Å². The minimum atomic E-state index is 0.198. The van der Waals surface area contributed by atoms with E-state index >= 15 is 0 Å². The first kappa shape index (κ1) is 12.8. The van der Waals surface area contributed by atoms with Crippen LogP contribution in [0.2, 0.25) is 5.02 Å². The van der Waals surface area contributed by atoms with Crippen LogP contribution in [0.1, 0.15) is 5.56 Å². The Morgan fingerprint density at radius 3 is 2.80 bits per heavy atom. The predicted octanol–water partition coefficient (Wildman–Crippen LogP) is 4.21. The van der Waals surface area contributed by atoms with E-state index in [-0.39, 0.29) is 5.75 Å². The molecule has 0 unspecified atom stereocenters. The van der Waals surface area contributed by atoms with Crippen LogP contribution in [-0.2, 0) is 6.54 Å². The van der Waals surface area contributed by atoms with Gasteiger partial charge in [0.1, 0.15) is 5.75 Å². The summed E-state index contributed by atoms with van der Waals surface area (Å²) in [5.41, 5.74) is 1.66. The molecule has 2 N–H and O–H groups in total. The van der Waals surface area contributed by atoms with Crippen LogP contribution in [0.25, 0.3) is 10.8 Å². The molecule has 0 aliphatic rings. The summed E-state index contributed by atoms with van der Waals surface area (Å²) in [7, 11) is 0. The summed E-state index contributed by atoms with van der Waals surface area (Å²) < 4.78 is 0. The quantitative estimate of drug-likeness (QED) is 0.757. The summed E-state index contributed by atoms with van der Waals surface area (Å²) in [6, 6.07) is 13.1. The average molecular weight is 285 g/mol. The lowest BCUT2D eigenvalue weighted by molar-refractivity contribution is 0.469. The van der Waals surface area contributed by atoms with E-state index in [4.69, 9.17) is 11.6 Å². The summed E-state index contributed by atoms with van der Waals surface area (Å²) >= 11 is 6.10. The molecule has 0 amide bonds. The first-order chi connectivity index (χ1) is 9.75. The molecule has 2 aromatic carbocycles. The molecule has 0 saturated heterocycles. The van der Waals surface area contributed by atoms with Gasteiger partial charge in [0.15, 0.2) is 0 Å². The Morgan fingerprint density at radius 1 is 1.10 bits per heavy atom. The zero-order valence-electron chi connectivity index (χ0n) is 10.7. The fourth-order valence-corrected chi connectivity index (χ4v) is 2.41. The van der Waals surface area contributed by atoms with E-state index in [0.717, 1.165) is 16.5 Å². The summed E-state index contributed by atoms with van der Waals surface area (Å²) in [6.45, 7) is 0.458. The lowest BCUT2D eigenvalue weighted by atomic mass is 10.1. The Bertz CT molecular complexity index is 733. The SMILES string of the molecule is Oc1cccc(Cl)c1CNc1cccc2ccncc12. The summed E-state index contributed by atoms with van der Waals surface area (Å²) in [4.78, 5) is 4.15. The van der Waals surface area contributed by atoms with Crippen molar-refractivity contribution in [1.82, 2.24) is 4.98 Å². The summed E-state index contributed by atoms with van der Waals surface area (Å²) in [5.74, 6) is 0.198. The molecule has 1 aromatic heterocycles. The van der Waals surface area contributed by atoms with Crippen LogP contribution in [0.3, 0.4) is 0 Å². The molecule has 100 valence electrons. The van der Waals surface area contributed by atoms with E-state index in [9.17, 15) is 5.11 Å². The second-order valence-electron chi connectivity index (χ2n) is 4.49. The lowest BCUT2D eigenvalue weighted by Gasteiger charge is -2.11. The molecule has 3 nitrogen and oxygen atoms in total. The number of phenolic OH excluding ortho intramolecular Hbond substituents is 1. The van der Waals surface area contributed by atoms with Crippen molar-refractivity contribution in [2.45, 2.75) is 6.54 Å². The number of pyridine rings is 1. The van der Waals surface area contributed by atoms with Crippen LogP contribution < -0.4 is 5.32 Å². The van der Waals surface area contributed by atoms with Gasteiger partial charge < -0.3 is 10.4 Å². The van der Waals surface area contributed by atoms with Crippen LogP contribution in [0.5, 0.6) is 5.75 Å². The minimum absolute atomic E-state index is 0.198. The Labute approximate surface area is 121 Å². The molecule has 0 saturated carbocycles. The van der Waals surface area contributed by atoms with Crippen molar-refractivity contribution in [3.8, 4) is 5.75 Å². The third-order valence-electron chi connectivity index (χ3n) is 3.23. The maximum atomic E-state index is 9.85. The highest BCUT2D eigenvalue weighted by atomic mass is 35.5. The molecule has 0 aliphatic carbocycles. The Hall–Kier alpha value is -2.26. The minimum Gasteiger partial charge on any atom is -0.508 e. The number of phenols is 1. The molecule has 0 aliphatic heterocycles. The van der Waals surface area contributed by atoms with Crippen molar-refractivity contribution in [3.63, 3.8) is 0 Å². The number of nitrogens with zero attached hydrogens (tertiary/aromatic N) is 1. The number of benzene rings is 2. The maximum Gasteiger partial charge on any atom is 0.122 e. The summed E-state index contributed by atoms with van der Waals surface area (Å²) in [5, 5.41) is 15.9. The number of nitrogens with one attached hydrogen (secondary N) is 1. The van der Waals surface area contributed by atoms with E-state index < -0.39 is 0 Å². The molecular weight excluding hydrogens is 272 g/mol. The fourth-order valence-electron chi connectivity index (χ4n) is 2.17. The van der Waals surface area contributed by atoms with Crippen LogP contribution >= 0.6 is 11.6 Å². The smallest absolute Gasteiger partial charge is 0.122 e. The molecule has 4 heteroatoms. The highest BCUT2D eigenvalue weighted by molar-refractivity contribution is 6.31. The molecule has 3 aromatic rings. The highest BCUT2D eigenvalue weighted by Gasteiger charge is 2.07. The third-order valence-corrected chi connectivity index (χ3v) is 3.59.